The molecule has 0 atom stereocenters. The molecule has 3 nitrogen and oxygen atoms in total. The Morgan fingerprint density at radius 3 is 1.04 bits per heavy atom. The van der Waals surface area contributed by atoms with Crippen molar-refractivity contribution in [2.75, 3.05) is 0 Å². The molecule has 12 aromatic rings. The summed E-state index contributed by atoms with van der Waals surface area (Å²) in [6.45, 7) is 0. The van der Waals surface area contributed by atoms with Crippen LogP contribution in [0.15, 0.2) is 188 Å². The average Bonchev–Trinajstić information content (AvgIpc) is 3.59. The summed E-state index contributed by atoms with van der Waals surface area (Å²) in [5.74, 6) is 0. The van der Waals surface area contributed by atoms with Crippen LogP contribution in [0.3, 0.4) is 0 Å². The highest BCUT2D eigenvalue weighted by molar-refractivity contribution is 6.25. The predicted octanol–water partition coefficient (Wildman–Crippen LogP) is 13.8. The van der Waals surface area contributed by atoms with E-state index in [9.17, 15) is 0 Å². The summed E-state index contributed by atoms with van der Waals surface area (Å²) in [6.07, 6.45) is 0. The molecule has 3 heteroatoms. The van der Waals surface area contributed by atoms with E-state index in [1.165, 1.54) is 64.6 Å². The summed E-state index contributed by atoms with van der Waals surface area (Å²) in [6, 6.07) is 67.7. The van der Waals surface area contributed by atoms with Crippen molar-refractivity contribution in [3.05, 3.63) is 188 Å². The molecule has 0 bridgehead atoms. The first-order valence-electron chi connectivity index (χ1n) is 18.8. The number of nitrogens with zero attached hydrogens (tertiary/aromatic N) is 3. The second-order valence-electron chi connectivity index (χ2n) is 14.5. The first-order valence-corrected chi connectivity index (χ1v) is 18.8. The van der Waals surface area contributed by atoms with Gasteiger partial charge >= 0.3 is 0 Å². The minimum atomic E-state index is 0.960. The van der Waals surface area contributed by atoms with Gasteiger partial charge in [-0.3, -0.25) is 0 Å². The summed E-state index contributed by atoms with van der Waals surface area (Å²) in [5.41, 5.74) is 9.60. The lowest BCUT2D eigenvalue weighted by molar-refractivity contribution is 1.18. The molecule has 0 saturated heterocycles. The summed E-state index contributed by atoms with van der Waals surface area (Å²) in [5, 5.41) is 14.5. The third-order valence-corrected chi connectivity index (χ3v) is 11.5. The van der Waals surface area contributed by atoms with Crippen molar-refractivity contribution in [1.82, 2.24) is 14.5 Å². The van der Waals surface area contributed by atoms with Crippen molar-refractivity contribution in [3.8, 4) is 28.2 Å². The molecule has 0 spiro atoms. The molecule has 0 radical (unpaired) electrons. The average molecular weight is 698 g/mol. The number of fused-ring (bicyclic) bond motifs is 15. The highest BCUT2D eigenvalue weighted by atomic mass is 15.0. The molecule has 0 aliphatic heterocycles. The number of aromatic nitrogens is 3. The van der Waals surface area contributed by atoms with Gasteiger partial charge in [-0.2, -0.15) is 0 Å². The van der Waals surface area contributed by atoms with E-state index in [4.69, 9.17) is 9.97 Å². The van der Waals surface area contributed by atoms with Gasteiger partial charge in [0.25, 0.3) is 0 Å². The third kappa shape index (κ3) is 4.44. The van der Waals surface area contributed by atoms with Crippen molar-refractivity contribution in [2.24, 2.45) is 0 Å². The topological polar surface area (TPSA) is 30.7 Å². The maximum Gasteiger partial charge on any atom is 0.0794 e. The number of hydrogen-bond acceptors (Lipinski definition) is 2. The van der Waals surface area contributed by atoms with Crippen LogP contribution in [0.25, 0.3) is 115 Å². The summed E-state index contributed by atoms with van der Waals surface area (Å²) in [7, 11) is 0. The van der Waals surface area contributed by atoms with Crippen LogP contribution < -0.4 is 0 Å². The van der Waals surface area contributed by atoms with Crippen LogP contribution in [0.1, 0.15) is 0 Å². The molecule has 0 aliphatic carbocycles. The Hall–Kier alpha value is -7.36. The van der Waals surface area contributed by atoms with Crippen molar-refractivity contribution < 1.29 is 0 Å². The first kappa shape index (κ1) is 30.1. The zero-order chi connectivity index (χ0) is 36.0. The fraction of sp³-hybridized carbons (Fsp3) is 0. The van der Waals surface area contributed by atoms with E-state index in [0.29, 0.717) is 0 Å². The number of para-hydroxylation sites is 1. The standard InChI is InChI=1S/C52H31N3/c1-2-12-34(13-3-1)55-49-28-22-32(47-26-24-43-39-18-6-4-14-35(39)37-16-8-10-20-41(37)51(43)53-47)30-45(49)46-31-33(23-29-50(46)55)48-27-25-44-40-19-7-5-15-36(40)38-17-9-11-21-42(38)52(44)54-48/h1-31H. The summed E-state index contributed by atoms with van der Waals surface area (Å²) >= 11 is 0. The maximum absolute atomic E-state index is 5.40. The number of benzene rings is 9. The number of rotatable bonds is 3. The largest absolute Gasteiger partial charge is 0.309 e. The van der Waals surface area contributed by atoms with E-state index >= 15 is 0 Å². The lowest BCUT2D eigenvalue weighted by Gasteiger charge is -2.11. The zero-order valence-electron chi connectivity index (χ0n) is 29.7. The van der Waals surface area contributed by atoms with Gasteiger partial charge in [-0.25, -0.2) is 9.97 Å². The van der Waals surface area contributed by atoms with E-state index in [1.807, 2.05) is 0 Å². The molecular weight excluding hydrogens is 667 g/mol. The number of pyridine rings is 2. The van der Waals surface area contributed by atoms with E-state index in [-0.39, 0.29) is 0 Å². The molecule has 254 valence electrons. The Kier molecular flexibility index (Phi) is 6.34. The van der Waals surface area contributed by atoms with E-state index in [1.54, 1.807) is 0 Å². The Morgan fingerprint density at radius 1 is 0.273 bits per heavy atom. The summed E-state index contributed by atoms with van der Waals surface area (Å²) < 4.78 is 2.37. The quantitative estimate of drug-likeness (QED) is 0.172. The lowest BCUT2D eigenvalue weighted by atomic mass is 9.96. The molecule has 0 saturated carbocycles. The van der Waals surface area contributed by atoms with Crippen LogP contribution >= 0.6 is 0 Å². The highest BCUT2D eigenvalue weighted by Crippen LogP contribution is 2.40. The second kappa shape index (κ2) is 11.6. The van der Waals surface area contributed by atoms with Crippen LogP contribution in [-0.2, 0) is 0 Å². The van der Waals surface area contributed by atoms with E-state index in [2.05, 4.69) is 193 Å². The lowest BCUT2D eigenvalue weighted by Crippen LogP contribution is -1.93. The van der Waals surface area contributed by atoms with Gasteiger partial charge in [-0.05, 0) is 93.0 Å². The Labute approximate surface area is 316 Å². The monoisotopic (exact) mass is 697 g/mol. The second-order valence-corrected chi connectivity index (χ2v) is 14.5. The Balaban J connectivity index is 1.09. The van der Waals surface area contributed by atoms with Gasteiger partial charge in [0.05, 0.1) is 33.5 Å². The maximum atomic E-state index is 5.40. The molecule has 0 aliphatic rings. The normalized spacial score (nSPS) is 12.0. The Bertz CT molecular complexity index is 3260. The molecule has 9 aromatic carbocycles. The van der Waals surface area contributed by atoms with Crippen molar-refractivity contribution in [2.45, 2.75) is 0 Å². The van der Waals surface area contributed by atoms with Gasteiger partial charge in [-0.1, -0.05) is 127 Å². The van der Waals surface area contributed by atoms with Gasteiger partial charge in [0.1, 0.15) is 0 Å². The van der Waals surface area contributed by atoms with Gasteiger partial charge in [-0.15, -0.1) is 0 Å². The molecule has 3 aromatic heterocycles. The van der Waals surface area contributed by atoms with Crippen LogP contribution in [0.4, 0.5) is 0 Å². The van der Waals surface area contributed by atoms with Crippen molar-refractivity contribution >= 4 is 86.7 Å². The van der Waals surface area contributed by atoms with Gasteiger partial charge in [0.15, 0.2) is 0 Å². The van der Waals surface area contributed by atoms with Gasteiger partial charge < -0.3 is 4.57 Å². The SMILES string of the molecule is c1ccc(-n2c3ccc(-c4ccc5c6ccccc6c6ccccc6c5n4)cc3c3cc(-c4ccc5c6ccccc6c6ccccc6c5n4)ccc32)cc1. The van der Waals surface area contributed by atoms with E-state index in [0.717, 1.165) is 50.3 Å². The van der Waals surface area contributed by atoms with Crippen LogP contribution in [-0.4, -0.2) is 14.5 Å². The molecule has 0 N–H and O–H groups in total. The van der Waals surface area contributed by atoms with Crippen molar-refractivity contribution in [3.63, 3.8) is 0 Å². The van der Waals surface area contributed by atoms with Crippen molar-refractivity contribution in [1.29, 1.82) is 0 Å². The van der Waals surface area contributed by atoms with Crippen LogP contribution in [0.5, 0.6) is 0 Å². The number of hydrogen-bond donors (Lipinski definition) is 0. The van der Waals surface area contributed by atoms with Crippen LogP contribution in [0.2, 0.25) is 0 Å². The molecule has 0 unspecified atom stereocenters. The zero-order valence-corrected chi connectivity index (χ0v) is 29.7. The molecular formula is C52H31N3. The highest BCUT2D eigenvalue weighted by Gasteiger charge is 2.17. The van der Waals surface area contributed by atoms with Crippen LogP contribution in [0, 0.1) is 0 Å². The summed E-state index contributed by atoms with van der Waals surface area (Å²) in [4.78, 5) is 10.8. The molecule has 55 heavy (non-hydrogen) atoms. The molecule has 3 heterocycles. The third-order valence-electron chi connectivity index (χ3n) is 11.5. The minimum absolute atomic E-state index is 0.960. The minimum Gasteiger partial charge on any atom is -0.309 e. The first-order chi connectivity index (χ1) is 27.3. The van der Waals surface area contributed by atoms with E-state index < -0.39 is 0 Å². The Morgan fingerprint density at radius 2 is 0.618 bits per heavy atom. The molecule has 0 fully saturated rings. The smallest absolute Gasteiger partial charge is 0.0794 e. The molecule has 0 amide bonds. The predicted molar refractivity (Wildman–Crippen MR) is 232 cm³/mol. The van der Waals surface area contributed by atoms with Gasteiger partial charge in [0, 0.05) is 49.1 Å². The van der Waals surface area contributed by atoms with Gasteiger partial charge in [0.2, 0.25) is 0 Å². The fourth-order valence-electron chi connectivity index (χ4n) is 9.04. The molecule has 12 rings (SSSR count). The fourth-order valence-corrected chi connectivity index (χ4v) is 9.04.